The van der Waals surface area contributed by atoms with E-state index >= 15 is 0 Å². The number of carbonyl (C=O) groups excluding carboxylic acids is 1. The van der Waals surface area contributed by atoms with Crippen molar-refractivity contribution in [3.63, 3.8) is 0 Å². The molecule has 3 rings (SSSR count). The molecular formula is C28H43N7O2S. The number of ether oxygens (including phenoxy) is 1. The molecule has 208 valence electrons. The van der Waals surface area contributed by atoms with E-state index in [-0.39, 0.29) is 18.5 Å². The molecular weight excluding hydrogens is 498 g/mol. The van der Waals surface area contributed by atoms with Gasteiger partial charge in [-0.25, -0.2) is 0 Å². The summed E-state index contributed by atoms with van der Waals surface area (Å²) in [6, 6.07) is 12.0. The molecule has 10 heteroatoms. The number of nitrogens with one attached hydrogen (secondary N) is 1. The largest absolute Gasteiger partial charge is 0.497 e. The Bertz CT molecular complexity index is 1010. The van der Waals surface area contributed by atoms with E-state index in [9.17, 15) is 4.79 Å². The van der Waals surface area contributed by atoms with Crippen LogP contribution in [0, 0.1) is 0 Å². The number of hydrogen-bond acceptors (Lipinski definition) is 7. The first-order valence-corrected chi connectivity index (χ1v) is 14.0. The first-order valence-electron chi connectivity index (χ1n) is 13.6. The van der Waals surface area contributed by atoms with E-state index in [0.29, 0.717) is 11.7 Å². The highest BCUT2D eigenvalue weighted by atomic mass is 32.1. The third kappa shape index (κ3) is 8.52. The number of nitrogens with zero attached hydrogens (tertiary/aromatic N) is 6. The normalized spacial score (nSPS) is 14.0. The molecule has 9 nitrogen and oxygen atoms in total. The van der Waals surface area contributed by atoms with Crippen LogP contribution in [-0.2, 0) is 4.79 Å². The molecule has 0 saturated carbocycles. The van der Waals surface area contributed by atoms with E-state index in [1.165, 1.54) is 0 Å². The molecule has 1 amide bonds. The van der Waals surface area contributed by atoms with Crippen LogP contribution in [-0.4, -0.2) is 108 Å². The van der Waals surface area contributed by atoms with Crippen LogP contribution in [0.15, 0.2) is 36.4 Å². The topological polar surface area (TPSA) is 77.1 Å². The molecule has 38 heavy (non-hydrogen) atoms. The third-order valence-electron chi connectivity index (χ3n) is 6.81. The standard InChI is InChI=1S/C28H43N7O2S/c1-6-32(7-2)17-18-35(28(38)29-22(3)4)21-27(36)34-16-8-15-33(19-20-34)26-14-13-25(30-31-26)23-9-11-24(37-5)12-10-23/h9-14,22H,6-8,15-21H2,1-5H3,(H,29,38). The van der Waals surface area contributed by atoms with Crippen LogP contribution in [0.25, 0.3) is 11.3 Å². The van der Waals surface area contributed by atoms with Gasteiger partial charge in [0.05, 0.1) is 19.3 Å². The zero-order chi connectivity index (χ0) is 27.5. The van der Waals surface area contributed by atoms with Gasteiger partial charge in [-0.3, -0.25) is 4.79 Å². The summed E-state index contributed by atoms with van der Waals surface area (Å²) in [5.74, 6) is 1.76. The smallest absolute Gasteiger partial charge is 0.242 e. The van der Waals surface area contributed by atoms with Gasteiger partial charge in [-0.2, -0.15) is 0 Å². The minimum atomic E-state index is 0.111. The quantitative estimate of drug-likeness (QED) is 0.432. The van der Waals surface area contributed by atoms with E-state index < -0.39 is 0 Å². The lowest BCUT2D eigenvalue weighted by Crippen LogP contribution is -2.50. The molecule has 0 aliphatic carbocycles. The SMILES string of the molecule is CCN(CC)CCN(CC(=O)N1CCCN(c2ccc(-c3ccc(OC)cc3)nn2)CC1)C(=S)NC(C)C. The Morgan fingerprint density at radius 2 is 1.76 bits per heavy atom. The second-order valence-electron chi connectivity index (χ2n) is 9.78. The zero-order valence-electron chi connectivity index (χ0n) is 23.5. The van der Waals surface area contributed by atoms with Gasteiger partial charge in [0.15, 0.2) is 10.9 Å². The summed E-state index contributed by atoms with van der Waals surface area (Å²) in [5, 5.41) is 12.9. The fourth-order valence-corrected chi connectivity index (χ4v) is 4.85. The number of hydrogen-bond donors (Lipinski definition) is 1. The van der Waals surface area contributed by atoms with E-state index in [0.717, 1.165) is 75.1 Å². The third-order valence-corrected chi connectivity index (χ3v) is 7.19. The summed E-state index contributed by atoms with van der Waals surface area (Å²) >= 11 is 5.66. The van der Waals surface area contributed by atoms with Crippen LogP contribution in [0.5, 0.6) is 5.75 Å². The molecule has 0 spiro atoms. The highest BCUT2D eigenvalue weighted by molar-refractivity contribution is 7.80. The van der Waals surface area contributed by atoms with Crippen molar-refractivity contribution in [2.24, 2.45) is 0 Å². The van der Waals surface area contributed by atoms with Gasteiger partial charge in [-0.05, 0) is 82.0 Å². The summed E-state index contributed by atoms with van der Waals surface area (Å²) in [6.45, 7) is 15.2. The highest BCUT2D eigenvalue weighted by Gasteiger charge is 2.23. The van der Waals surface area contributed by atoms with Crippen LogP contribution >= 0.6 is 12.2 Å². The monoisotopic (exact) mass is 541 g/mol. The zero-order valence-corrected chi connectivity index (χ0v) is 24.3. The van der Waals surface area contributed by atoms with Crippen molar-refractivity contribution in [1.29, 1.82) is 0 Å². The molecule has 1 aliphatic heterocycles. The lowest BCUT2D eigenvalue weighted by Gasteiger charge is -2.31. The maximum absolute atomic E-state index is 13.4. The summed E-state index contributed by atoms with van der Waals surface area (Å²) < 4.78 is 5.23. The van der Waals surface area contributed by atoms with Gasteiger partial charge >= 0.3 is 0 Å². The Morgan fingerprint density at radius 3 is 2.37 bits per heavy atom. The van der Waals surface area contributed by atoms with E-state index in [1.807, 2.05) is 46.2 Å². The number of rotatable bonds is 11. The van der Waals surface area contributed by atoms with Crippen molar-refractivity contribution in [1.82, 2.24) is 30.2 Å². The molecule has 1 fully saturated rings. The molecule has 2 aromatic rings. The molecule has 2 heterocycles. The lowest BCUT2D eigenvalue weighted by molar-refractivity contribution is -0.131. The number of likely N-dealkylation sites (N-methyl/N-ethyl adjacent to an activating group) is 1. The molecule has 0 radical (unpaired) electrons. The van der Waals surface area contributed by atoms with Gasteiger partial charge in [-0.15, -0.1) is 10.2 Å². The van der Waals surface area contributed by atoms with Crippen LogP contribution in [0.3, 0.4) is 0 Å². The van der Waals surface area contributed by atoms with E-state index in [1.54, 1.807) is 7.11 Å². The summed E-state index contributed by atoms with van der Waals surface area (Å²) in [7, 11) is 1.65. The number of thiocarbonyl (C=S) groups is 1. The molecule has 1 aliphatic rings. The Hall–Kier alpha value is -2.98. The summed E-state index contributed by atoms with van der Waals surface area (Å²) in [4.78, 5) is 21.9. The first-order chi connectivity index (χ1) is 18.3. The number of methoxy groups -OCH3 is 1. The Labute approximate surface area is 233 Å². The van der Waals surface area contributed by atoms with E-state index in [2.05, 4.69) is 53.0 Å². The average Bonchev–Trinajstić information content (AvgIpc) is 3.19. The van der Waals surface area contributed by atoms with Gasteiger partial charge < -0.3 is 29.7 Å². The number of anilines is 1. The predicted octanol–water partition coefficient (Wildman–Crippen LogP) is 3.12. The molecule has 0 bridgehead atoms. The molecule has 0 atom stereocenters. The number of aromatic nitrogens is 2. The predicted molar refractivity (Wildman–Crippen MR) is 158 cm³/mol. The lowest BCUT2D eigenvalue weighted by atomic mass is 10.1. The molecule has 1 aromatic carbocycles. The Balaban J connectivity index is 1.59. The van der Waals surface area contributed by atoms with E-state index in [4.69, 9.17) is 17.0 Å². The van der Waals surface area contributed by atoms with Crippen molar-refractivity contribution in [3.05, 3.63) is 36.4 Å². The van der Waals surface area contributed by atoms with Crippen LogP contribution in [0.2, 0.25) is 0 Å². The molecule has 1 N–H and O–H groups in total. The van der Waals surface area contributed by atoms with Crippen molar-refractivity contribution >= 4 is 29.1 Å². The van der Waals surface area contributed by atoms with Crippen molar-refractivity contribution in [3.8, 4) is 17.0 Å². The minimum absolute atomic E-state index is 0.111. The fraction of sp³-hybridized carbons (Fsp3) is 0.571. The Kier molecular flexibility index (Phi) is 11.5. The average molecular weight is 542 g/mol. The van der Waals surface area contributed by atoms with Gasteiger partial charge in [-0.1, -0.05) is 13.8 Å². The maximum Gasteiger partial charge on any atom is 0.242 e. The van der Waals surface area contributed by atoms with Crippen molar-refractivity contribution in [2.45, 2.75) is 40.2 Å². The van der Waals surface area contributed by atoms with Crippen molar-refractivity contribution in [2.75, 3.05) is 70.9 Å². The highest BCUT2D eigenvalue weighted by Crippen LogP contribution is 2.22. The van der Waals surface area contributed by atoms with Crippen LogP contribution in [0.1, 0.15) is 34.1 Å². The van der Waals surface area contributed by atoms with Crippen LogP contribution in [0.4, 0.5) is 5.82 Å². The number of amides is 1. The van der Waals surface area contributed by atoms with Gasteiger partial charge in [0, 0.05) is 50.9 Å². The molecule has 1 saturated heterocycles. The summed E-state index contributed by atoms with van der Waals surface area (Å²) in [5.41, 5.74) is 1.81. The van der Waals surface area contributed by atoms with Gasteiger partial charge in [0.2, 0.25) is 5.91 Å². The maximum atomic E-state index is 13.4. The Morgan fingerprint density at radius 1 is 1.03 bits per heavy atom. The molecule has 1 aromatic heterocycles. The second-order valence-corrected chi connectivity index (χ2v) is 10.2. The minimum Gasteiger partial charge on any atom is -0.497 e. The number of carbonyl (C=O) groups is 1. The fourth-order valence-electron chi connectivity index (χ4n) is 4.46. The second kappa shape index (κ2) is 14.8. The summed E-state index contributed by atoms with van der Waals surface area (Å²) in [6.07, 6.45) is 0.877. The van der Waals surface area contributed by atoms with Crippen molar-refractivity contribution < 1.29 is 9.53 Å². The van der Waals surface area contributed by atoms with Crippen LogP contribution < -0.4 is 15.0 Å². The van der Waals surface area contributed by atoms with Gasteiger partial charge in [0.25, 0.3) is 0 Å². The number of benzene rings is 1. The first kappa shape index (κ1) is 29.6. The molecule has 0 unspecified atom stereocenters. The van der Waals surface area contributed by atoms with Gasteiger partial charge in [0.1, 0.15) is 5.75 Å².